The van der Waals surface area contributed by atoms with Gasteiger partial charge in [0.2, 0.25) is 0 Å². The van der Waals surface area contributed by atoms with Crippen LogP contribution in [0, 0.1) is 6.92 Å². The molecule has 0 spiro atoms. The van der Waals surface area contributed by atoms with Gasteiger partial charge in [0.1, 0.15) is 0 Å². The van der Waals surface area contributed by atoms with Crippen molar-refractivity contribution in [2.75, 3.05) is 0 Å². The van der Waals surface area contributed by atoms with E-state index in [4.69, 9.17) is 23.2 Å². The van der Waals surface area contributed by atoms with Gasteiger partial charge < -0.3 is 0 Å². The summed E-state index contributed by atoms with van der Waals surface area (Å²) in [5.74, 6) is 0. The Balaban J connectivity index is 3.41. The fourth-order valence-electron chi connectivity index (χ4n) is 1.14. The largest absolute Gasteiger partial charge is 0.416 e. The van der Waals surface area contributed by atoms with Gasteiger partial charge in [0.15, 0.2) is 0 Å². The van der Waals surface area contributed by atoms with Crippen molar-refractivity contribution in [3.8, 4) is 0 Å². The molecule has 1 aromatic rings. The van der Waals surface area contributed by atoms with E-state index in [2.05, 4.69) is 0 Å². The van der Waals surface area contributed by atoms with E-state index < -0.39 is 17.0 Å². The minimum Gasteiger partial charge on any atom is -0.276 e. The van der Waals surface area contributed by atoms with Crippen molar-refractivity contribution in [2.24, 2.45) is 0 Å². The van der Waals surface area contributed by atoms with Gasteiger partial charge in [-0.3, -0.25) is 4.79 Å². The van der Waals surface area contributed by atoms with Gasteiger partial charge in [-0.2, -0.15) is 13.2 Å². The van der Waals surface area contributed by atoms with Crippen LogP contribution in [-0.4, -0.2) is 5.24 Å². The number of alkyl halides is 3. The van der Waals surface area contributed by atoms with Crippen LogP contribution in [0.15, 0.2) is 12.1 Å². The molecule has 0 aliphatic rings. The summed E-state index contributed by atoms with van der Waals surface area (Å²) in [5.41, 5.74) is -1.19. The topological polar surface area (TPSA) is 17.1 Å². The van der Waals surface area contributed by atoms with E-state index in [9.17, 15) is 18.0 Å². The second kappa shape index (κ2) is 4.02. The second-order valence-electron chi connectivity index (χ2n) is 2.87. The zero-order valence-electron chi connectivity index (χ0n) is 7.45. The maximum absolute atomic E-state index is 12.4. The van der Waals surface area contributed by atoms with Gasteiger partial charge in [-0.25, -0.2) is 0 Å². The van der Waals surface area contributed by atoms with Crippen molar-refractivity contribution in [1.29, 1.82) is 0 Å². The molecule has 0 heterocycles. The van der Waals surface area contributed by atoms with Crippen LogP contribution in [0.2, 0.25) is 5.02 Å². The Morgan fingerprint density at radius 3 is 2.27 bits per heavy atom. The minimum atomic E-state index is -4.48. The fourth-order valence-corrected chi connectivity index (χ4v) is 1.60. The highest BCUT2D eigenvalue weighted by Gasteiger charge is 2.33. The summed E-state index contributed by atoms with van der Waals surface area (Å²) >= 11 is 10.7. The average molecular weight is 257 g/mol. The molecule has 0 aliphatic carbocycles. The molecule has 0 saturated heterocycles. The van der Waals surface area contributed by atoms with Crippen LogP contribution in [0.5, 0.6) is 0 Å². The molecule has 1 nitrogen and oxygen atoms in total. The van der Waals surface area contributed by atoms with E-state index in [0.29, 0.717) is 0 Å². The summed E-state index contributed by atoms with van der Waals surface area (Å²) in [7, 11) is 0. The van der Waals surface area contributed by atoms with Crippen molar-refractivity contribution < 1.29 is 18.0 Å². The molecule has 0 atom stereocenters. The lowest BCUT2D eigenvalue weighted by molar-refractivity contribution is -0.138. The Kier molecular flexibility index (Phi) is 3.31. The molecular weight excluding hydrogens is 252 g/mol. The van der Waals surface area contributed by atoms with Crippen molar-refractivity contribution >= 4 is 28.4 Å². The van der Waals surface area contributed by atoms with E-state index in [1.807, 2.05) is 0 Å². The highest BCUT2D eigenvalue weighted by Crippen LogP contribution is 2.36. The van der Waals surface area contributed by atoms with Gasteiger partial charge in [0.25, 0.3) is 5.24 Å². The molecular formula is C9H5Cl2F3O. The quantitative estimate of drug-likeness (QED) is 0.693. The third kappa shape index (κ3) is 2.44. The Morgan fingerprint density at radius 1 is 1.33 bits per heavy atom. The standard InChI is InChI=1S/C9H5Cl2F3O/c1-4-6(9(12,13)14)3-2-5(7(4)10)8(11)15/h2-3H,1H3. The van der Waals surface area contributed by atoms with Gasteiger partial charge in [-0.15, -0.1) is 0 Å². The van der Waals surface area contributed by atoms with Crippen molar-refractivity contribution in [1.82, 2.24) is 0 Å². The van der Waals surface area contributed by atoms with Gasteiger partial charge in [-0.05, 0) is 36.2 Å². The van der Waals surface area contributed by atoms with E-state index in [1.54, 1.807) is 0 Å². The van der Waals surface area contributed by atoms with Crippen molar-refractivity contribution in [3.63, 3.8) is 0 Å². The van der Waals surface area contributed by atoms with Crippen LogP contribution in [0.3, 0.4) is 0 Å². The predicted octanol–water partition coefficient (Wildman–Crippen LogP) is 4.05. The molecule has 1 aromatic carbocycles. The molecule has 0 fully saturated rings. The Labute approximate surface area is 93.8 Å². The second-order valence-corrected chi connectivity index (χ2v) is 3.59. The first-order valence-electron chi connectivity index (χ1n) is 3.81. The normalized spacial score (nSPS) is 11.6. The molecule has 15 heavy (non-hydrogen) atoms. The van der Waals surface area contributed by atoms with Crippen LogP contribution in [-0.2, 0) is 6.18 Å². The number of carbonyl (C=O) groups is 1. The van der Waals surface area contributed by atoms with Gasteiger partial charge in [0.05, 0.1) is 16.1 Å². The third-order valence-corrected chi connectivity index (χ3v) is 2.59. The third-order valence-electron chi connectivity index (χ3n) is 1.90. The van der Waals surface area contributed by atoms with E-state index >= 15 is 0 Å². The molecule has 0 unspecified atom stereocenters. The van der Waals surface area contributed by atoms with Crippen molar-refractivity contribution in [3.05, 3.63) is 33.8 Å². The van der Waals surface area contributed by atoms with Gasteiger partial charge >= 0.3 is 6.18 Å². The summed E-state index contributed by atoms with van der Waals surface area (Å²) in [5, 5.41) is -1.14. The smallest absolute Gasteiger partial charge is 0.276 e. The first kappa shape index (κ1) is 12.3. The highest BCUT2D eigenvalue weighted by atomic mass is 35.5. The minimum absolute atomic E-state index is 0.121. The number of hydrogen-bond acceptors (Lipinski definition) is 1. The number of benzene rings is 1. The number of halogens is 5. The Morgan fingerprint density at radius 2 is 1.87 bits per heavy atom. The lowest BCUT2D eigenvalue weighted by Gasteiger charge is -2.12. The first-order valence-corrected chi connectivity index (χ1v) is 4.57. The summed E-state index contributed by atoms with van der Waals surface area (Å²) in [6, 6.07) is 1.75. The molecule has 0 aliphatic heterocycles. The Hall–Kier alpha value is -0.740. The molecule has 0 aromatic heterocycles. The zero-order chi connectivity index (χ0) is 11.8. The molecule has 82 valence electrons. The number of hydrogen-bond donors (Lipinski definition) is 0. The molecule has 0 bridgehead atoms. The Bertz CT molecular complexity index is 413. The lowest BCUT2D eigenvalue weighted by atomic mass is 10.1. The summed E-state index contributed by atoms with van der Waals surface area (Å²) in [6.45, 7) is 1.19. The zero-order valence-corrected chi connectivity index (χ0v) is 8.96. The summed E-state index contributed by atoms with van der Waals surface area (Å²) < 4.78 is 37.2. The fraction of sp³-hybridized carbons (Fsp3) is 0.222. The van der Waals surface area contributed by atoms with E-state index in [0.717, 1.165) is 12.1 Å². The molecule has 0 radical (unpaired) electrons. The monoisotopic (exact) mass is 256 g/mol. The first-order chi connectivity index (χ1) is 6.75. The molecule has 0 amide bonds. The number of carbonyl (C=O) groups excluding carboxylic acids is 1. The summed E-state index contributed by atoms with van der Waals surface area (Å²) in [4.78, 5) is 10.8. The maximum atomic E-state index is 12.4. The molecule has 0 saturated carbocycles. The van der Waals surface area contributed by atoms with Crippen molar-refractivity contribution in [2.45, 2.75) is 13.1 Å². The lowest BCUT2D eigenvalue weighted by Crippen LogP contribution is -2.09. The predicted molar refractivity (Wildman–Crippen MR) is 51.4 cm³/mol. The van der Waals surface area contributed by atoms with Crippen LogP contribution in [0.1, 0.15) is 21.5 Å². The number of rotatable bonds is 1. The summed E-state index contributed by atoms with van der Waals surface area (Å²) in [6.07, 6.45) is -4.48. The molecule has 6 heteroatoms. The average Bonchev–Trinajstić information content (AvgIpc) is 2.06. The van der Waals surface area contributed by atoms with Crippen LogP contribution in [0.4, 0.5) is 13.2 Å². The van der Waals surface area contributed by atoms with Gasteiger partial charge in [-0.1, -0.05) is 11.6 Å². The molecule has 0 N–H and O–H groups in total. The highest BCUT2D eigenvalue weighted by molar-refractivity contribution is 6.68. The maximum Gasteiger partial charge on any atom is 0.416 e. The van der Waals surface area contributed by atoms with Crippen LogP contribution >= 0.6 is 23.2 Å². The van der Waals surface area contributed by atoms with E-state index in [1.165, 1.54) is 6.92 Å². The molecule has 1 rings (SSSR count). The van der Waals surface area contributed by atoms with Crippen LogP contribution < -0.4 is 0 Å². The SMILES string of the molecule is Cc1c(C(F)(F)F)ccc(C(=O)Cl)c1Cl. The van der Waals surface area contributed by atoms with Crippen LogP contribution in [0.25, 0.3) is 0 Å². The van der Waals surface area contributed by atoms with Gasteiger partial charge in [0, 0.05) is 0 Å². The van der Waals surface area contributed by atoms with E-state index in [-0.39, 0.29) is 16.1 Å².